The number of hydrogen-bond acceptors (Lipinski definition) is 4. The van der Waals surface area contributed by atoms with E-state index in [1.807, 2.05) is 26.0 Å². The van der Waals surface area contributed by atoms with Gasteiger partial charge in [0, 0.05) is 12.5 Å². The molecule has 2 N–H and O–H groups in total. The lowest BCUT2D eigenvalue weighted by Crippen LogP contribution is -2.15. The Kier molecular flexibility index (Phi) is 6.00. The molecule has 0 aliphatic heterocycles. The zero-order valence-corrected chi connectivity index (χ0v) is 14.8. The number of amides is 2. The highest BCUT2D eigenvalue weighted by Crippen LogP contribution is 2.28. The summed E-state index contributed by atoms with van der Waals surface area (Å²) in [5.74, 6) is 0.525. The maximum Gasteiger partial charge on any atom is 0.255 e. The molecule has 0 saturated heterocycles. The van der Waals surface area contributed by atoms with E-state index in [0.717, 1.165) is 0 Å². The highest BCUT2D eigenvalue weighted by Gasteiger charge is 2.13. The predicted molar refractivity (Wildman–Crippen MR) is 97.5 cm³/mol. The summed E-state index contributed by atoms with van der Waals surface area (Å²) in [6.45, 7) is 5.23. The van der Waals surface area contributed by atoms with Crippen LogP contribution in [0.5, 0.6) is 11.5 Å². The SMILES string of the molecule is COc1ccc(C(=O)Nc2ccccc2OC(C)C)cc1NC(C)=O. The topological polar surface area (TPSA) is 76.7 Å². The molecular formula is C19H22N2O4. The fourth-order valence-corrected chi connectivity index (χ4v) is 2.26. The molecule has 0 spiro atoms. The molecule has 0 bridgehead atoms. The predicted octanol–water partition coefficient (Wildman–Crippen LogP) is 3.69. The second-order valence-corrected chi connectivity index (χ2v) is 5.71. The largest absolute Gasteiger partial charge is 0.495 e. The Morgan fingerprint density at radius 1 is 0.960 bits per heavy atom. The van der Waals surface area contributed by atoms with Crippen molar-refractivity contribution in [3.8, 4) is 11.5 Å². The van der Waals surface area contributed by atoms with Crippen LogP contribution >= 0.6 is 0 Å². The van der Waals surface area contributed by atoms with E-state index >= 15 is 0 Å². The van der Waals surface area contributed by atoms with Crippen LogP contribution in [0.2, 0.25) is 0 Å². The number of carbonyl (C=O) groups is 2. The smallest absolute Gasteiger partial charge is 0.255 e. The molecular weight excluding hydrogens is 320 g/mol. The van der Waals surface area contributed by atoms with Crippen LogP contribution < -0.4 is 20.1 Å². The fraction of sp³-hybridized carbons (Fsp3) is 0.263. The van der Waals surface area contributed by atoms with Crippen LogP contribution in [0.4, 0.5) is 11.4 Å². The summed E-state index contributed by atoms with van der Waals surface area (Å²) < 4.78 is 10.9. The molecule has 0 fully saturated rings. The van der Waals surface area contributed by atoms with E-state index in [1.165, 1.54) is 14.0 Å². The standard InChI is InChI=1S/C19H22N2O4/c1-12(2)25-18-8-6-5-7-15(18)21-19(23)14-9-10-17(24-4)16(11-14)20-13(3)22/h5-12H,1-4H3,(H,20,22)(H,21,23). The normalized spacial score (nSPS) is 10.3. The molecule has 0 atom stereocenters. The van der Waals surface area contributed by atoms with Gasteiger partial charge in [0.1, 0.15) is 11.5 Å². The van der Waals surface area contributed by atoms with Crippen molar-refractivity contribution in [2.24, 2.45) is 0 Å². The number of carbonyl (C=O) groups excluding carboxylic acids is 2. The molecule has 132 valence electrons. The van der Waals surface area contributed by atoms with Crippen LogP contribution in [0.3, 0.4) is 0 Å². The summed E-state index contributed by atoms with van der Waals surface area (Å²) in [6, 6.07) is 12.1. The Morgan fingerprint density at radius 2 is 1.68 bits per heavy atom. The van der Waals surface area contributed by atoms with E-state index in [2.05, 4.69) is 10.6 Å². The second-order valence-electron chi connectivity index (χ2n) is 5.71. The molecule has 0 unspecified atom stereocenters. The molecule has 0 heterocycles. The van der Waals surface area contributed by atoms with E-state index in [1.54, 1.807) is 30.3 Å². The quantitative estimate of drug-likeness (QED) is 0.839. The van der Waals surface area contributed by atoms with Crippen molar-refractivity contribution >= 4 is 23.2 Å². The zero-order chi connectivity index (χ0) is 18.4. The molecule has 0 radical (unpaired) electrons. The van der Waals surface area contributed by atoms with Crippen LogP contribution in [0.25, 0.3) is 0 Å². The van der Waals surface area contributed by atoms with Crippen molar-refractivity contribution in [3.63, 3.8) is 0 Å². The molecule has 0 aromatic heterocycles. The minimum atomic E-state index is -0.311. The maximum absolute atomic E-state index is 12.6. The van der Waals surface area contributed by atoms with Crippen LogP contribution in [-0.4, -0.2) is 25.0 Å². The van der Waals surface area contributed by atoms with Gasteiger partial charge >= 0.3 is 0 Å². The van der Waals surface area contributed by atoms with Crippen molar-refractivity contribution < 1.29 is 19.1 Å². The van der Waals surface area contributed by atoms with Gasteiger partial charge in [0.05, 0.1) is 24.6 Å². The van der Waals surface area contributed by atoms with E-state index < -0.39 is 0 Å². The van der Waals surface area contributed by atoms with Gasteiger partial charge < -0.3 is 20.1 Å². The number of nitrogens with one attached hydrogen (secondary N) is 2. The number of ether oxygens (including phenoxy) is 2. The van der Waals surface area contributed by atoms with Crippen LogP contribution in [0.15, 0.2) is 42.5 Å². The molecule has 2 rings (SSSR count). The third kappa shape index (κ3) is 4.97. The summed E-state index contributed by atoms with van der Waals surface area (Å²) in [5, 5.41) is 5.49. The summed E-state index contributed by atoms with van der Waals surface area (Å²) in [6.07, 6.45) is -0.00888. The third-order valence-corrected chi connectivity index (χ3v) is 3.27. The van der Waals surface area contributed by atoms with Crippen molar-refractivity contribution in [1.82, 2.24) is 0 Å². The van der Waals surface area contributed by atoms with E-state index in [-0.39, 0.29) is 17.9 Å². The molecule has 0 aliphatic rings. The first kappa shape index (κ1) is 18.3. The number of anilines is 2. The Bertz CT molecular complexity index is 772. The molecule has 6 heteroatoms. The first-order valence-electron chi connectivity index (χ1n) is 7.93. The van der Waals surface area contributed by atoms with Crippen LogP contribution in [0, 0.1) is 0 Å². The van der Waals surface area contributed by atoms with Gasteiger partial charge in [0.2, 0.25) is 5.91 Å². The molecule has 0 aliphatic carbocycles. The average molecular weight is 342 g/mol. The number of methoxy groups -OCH3 is 1. The highest BCUT2D eigenvalue weighted by molar-refractivity contribution is 6.06. The number of para-hydroxylation sites is 2. The first-order chi connectivity index (χ1) is 11.9. The van der Waals surface area contributed by atoms with Gasteiger partial charge in [-0.05, 0) is 44.2 Å². The lowest BCUT2D eigenvalue weighted by Gasteiger charge is -2.15. The van der Waals surface area contributed by atoms with Gasteiger partial charge in [0.25, 0.3) is 5.91 Å². The Labute approximate surface area is 147 Å². The first-order valence-corrected chi connectivity index (χ1v) is 7.93. The number of benzene rings is 2. The highest BCUT2D eigenvalue weighted by atomic mass is 16.5. The van der Waals surface area contributed by atoms with Gasteiger partial charge in [-0.1, -0.05) is 12.1 Å². The van der Waals surface area contributed by atoms with Gasteiger partial charge in [-0.3, -0.25) is 9.59 Å². The van der Waals surface area contributed by atoms with Gasteiger partial charge in [-0.2, -0.15) is 0 Å². The van der Waals surface area contributed by atoms with Gasteiger partial charge in [0.15, 0.2) is 0 Å². The molecule has 2 aromatic carbocycles. The van der Waals surface area contributed by atoms with E-state index in [4.69, 9.17) is 9.47 Å². The van der Waals surface area contributed by atoms with E-state index in [9.17, 15) is 9.59 Å². The Balaban J connectivity index is 2.25. The van der Waals surface area contributed by atoms with Crippen molar-refractivity contribution in [2.45, 2.75) is 26.9 Å². The zero-order valence-electron chi connectivity index (χ0n) is 14.8. The summed E-state index contributed by atoms with van der Waals surface area (Å²) in [5.41, 5.74) is 1.41. The molecule has 2 aromatic rings. The monoisotopic (exact) mass is 342 g/mol. The third-order valence-electron chi connectivity index (χ3n) is 3.27. The summed E-state index contributed by atoms with van der Waals surface area (Å²) in [7, 11) is 1.50. The van der Waals surface area contributed by atoms with E-state index in [0.29, 0.717) is 28.4 Å². The fourth-order valence-electron chi connectivity index (χ4n) is 2.26. The van der Waals surface area contributed by atoms with Crippen molar-refractivity contribution in [3.05, 3.63) is 48.0 Å². The molecule has 25 heavy (non-hydrogen) atoms. The number of rotatable bonds is 6. The Hall–Kier alpha value is -3.02. The lowest BCUT2D eigenvalue weighted by atomic mass is 10.1. The van der Waals surface area contributed by atoms with Gasteiger partial charge in [-0.25, -0.2) is 0 Å². The van der Waals surface area contributed by atoms with Crippen molar-refractivity contribution in [1.29, 1.82) is 0 Å². The van der Waals surface area contributed by atoms with Crippen LogP contribution in [0.1, 0.15) is 31.1 Å². The summed E-state index contributed by atoms with van der Waals surface area (Å²) in [4.78, 5) is 23.9. The summed E-state index contributed by atoms with van der Waals surface area (Å²) >= 11 is 0. The second kappa shape index (κ2) is 8.19. The molecule has 6 nitrogen and oxygen atoms in total. The van der Waals surface area contributed by atoms with Crippen molar-refractivity contribution in [2.75, 3.05) is 17.7 Å². The average Bonchev–Trinajstić information content (AvgIpc) is 2.55. The van der Waals surface area contributed by atoms with Crippen LogP contribution in [-0.2, 0) is 4.79 Å². The molecule has 2 amide bonds. The number of hydrogen-bond donors (Lipinski definition) is 2. The minimum absolute atomic E-state index is 0.00888. The lowest BCUT2D eigenvalue weighted by molar-refractivity contribution is -0.114. The maximum atomic E-state index is 12.6. The molecule has 0 saturated carbocycles. The minimum Gasteiger partial charge on any atom is -0.495 e. The van der Waals surface area contributed by atoms with Gasteiger partial charge in [-0.15, -0.1) is 0 Å². The Morgan fingerprint density at radius 3 is 2.32 bits per heavy atom.